The Balaban J connectivity index is 1.50. The summed E-state index contributed by atoms with van der Waals surface area (Å²) in [7, 11) is 0. The summed E-state index contributed by atoms with van der Waals surface area (Å²) in [6.07, 6.45) is 3.62. The number of hydrogen-bond acceptors (Lipinski definition) is 4. The third kappa shape index (κ3) is 4.57. The van der Waals surface area contributed by atoms with Crippen LogP contribution in [-0.4, -0.2) is 41.1 Å². The third-order valence-electron chi connectivity index (χ3n) is 5.15. The van der Waals surface area contributed by atoms with Crippen LogP contribution in [-0.2, 0) is 9.53 Å². The van der Waals surface area contributed by atoms with E-state index in [0.29, 0.717) is 13.0 Å². The third-order valence-corrected chi connectivity index (χ3v) is 5.15. The molecule has 0 aromatic heterocycles. The number of amides is 1. The number of piperidine rings is 1. The zero-order valence-corrected chi connectivity index (χ0v) is 15.9. The van der Waals surface area contributed by atoms with E-state index < -0.39 is 5.60 Å². The molecule has 1 aromatic carbocycles. The van der Waals surface area contributed by atoms with Crippen molar-refractivity contribution in [2.75, 3.05) is 6.61 Å². The molecule has 0 radical (unpaired) electrons. The molecular formula is C21H29NO4. The fraction of sp³-hybridized carbons (Fsp3) is 0.619. The molecule has 142 valence electrons. The van der Waals surface area contributed by atoms with Crippen LogP contribution in [0.25, 0.3) is 0 Å². The Morgan fingerprint density at radius 3 is 2.27 bits per heavy atom. The number of rotatable bonds is 5. The average molecular weight is 359 g/mol. The van der Waals surface area contributed by atoms with Crippen molar-refractivity contribution in [3.63, 3.8) is 0 Å². The molecule has 0 aliphatic carbocycles. The van der Waals surface area contributed by atoms with E-state index in [1.165, 1.54) is 0 Å². The van der Waals surface area contributed by atoms with Gasteiger partial charge in [-0.25, -0.2) is 4.79 Å². The molecule has 0 spiro atoms. The van der Waals surface area contributed by atoms with Crippen LogP contribution >= 0.6 is 0 Å². The predicted molar refractivity (Wildman–Crippen MR) is 99.2 cm³/mol. The van der Waals surface area contributed by atoms with E-state index in [9.17, 15) is 9.59 Å². The quantitative estimate of drug-likeness (QED) is 0.790. The van der Waals surface area contributed by atoms with Gasteiger partial charge in [-0.05, 0) is 58.6 Å². The maximum absolute atomic E-state index is 12.6. The average Bonchev–Trinajstić information content (AvgIpc) is 2.84. The van der Waals surface area contributed by atoms with Crippen LogP contribution in [0.5, 0.6) is 5.75 Å². The van der Waals surface area contributed by atoms with Crippen molar-refractivity contribution in [3.8, 4) is 5.75 Å². The summed E-state index contributed by atoms with van der Waals surface area (Å²) >= 11 is 0. The molecule has 1 amide bonds. The molecule has 2 heterocycles. The topological polar surface area (TPSA) is 55.8 Å². The summed E-state index contributed by atoms with van der Waals surface area (Å²) < 4.78 is 11.2. The van der Waals surface area contributed by atoms with E-state index in [0.717, 1.165) is 31.4 Å². The maximum Gasteiger partial charge on any atom is 0.410 e. The minimum absolute atomic E-state index is 0.0329. The van der Waals surface area contributed by atoms with Gasteiger partial charge in [-0.1, -0.05) is 18.2 Å². The van der Waals surface area contributed by atoms with Gasteiger partial charge in [0.15, 0.2) is 0 Å². The minimum Gasteiger partial charge on any atom is -0.493 e. The van der Waals surface area contributed by atoms with E-state index >= 15 is 0 Å². The molecule has 2 bridgehead atoms. The summed E-state index contributed by atoms with van der Waals surface area (Å²) in [5, 5.41) is 0. The van der Waals surface area contributed by atoms with Gasteiger partial charge in [0.1, 0.15) is 17.1 Å². The lowest BCUT2D eigenvalue weighted by atomic mass is 9.86. The Kier molecular flexibility index (Phi) is 5.54. The van der Waals surface area contributed by atoms with E-state index in [4.69, 9.17) is 9.47 Å². The molecule has 5 heteroatoms. The van der Waals surface area contributed by atoms with Crippen LogP contribution in [0.15, 0.2) is 30.3 Å². The molecule has 2 fully saturated rings. The Morgan fingerprint density at radius 2 is 1.69 bits per heavy atom. The summed E-state index contributed by atoms with van der Waals surface area (Å²) in [5.41, 5.74) is -0.488. The molecule has 0 N–H and O–H groups in total. The van der Waals surface area contributed by atoms with Gasteiger partial charge in [0, 0.05) is 24.4 Å². The number of carbonyl (C=O) groups excluding carboxylic acids is 2. The van der Waals surface area contributed by atoms with Gasteiger partial charge in [0.2, 0.25) is 0 Å². The highest BCUT2D eigenvalue weighted by atomic mass is 16.6. The van der Waals surface area contributed by atoms with Crippen LogP contribution in [0.4, 0.5) is 4.79 Å². The predicted octanol–water partition coefficient (Wildman–Crippen LogP) is 4.20. The number of hydrogen-bond donors (Lipinski definition) is 0. The molecule has 2 atom stereocenters. The highest BCUT2D eigenvalue weighted by molar-refractivity contribution is 5.82. The van der Waals surface area contributed by atoms with Crippen molar-refractivity contribution in [3.05, 3.63) is 30.3 Å². The Bertz CT molecular complexity index is 623. The molecule has 1 aromatic rings. The van der Waals surface area contributed by atoms with Crippen molar-refractivity contribution in [1.82, 2.24) is 4.90 Å². The van der Waals surface area contributed by atoms with E-state index in [-0.39, 0.29) is 29.9 Å². The Morgan fingerprint density at radius 1 is 1.08 bits per heavy atom. The molecule has 3 rings (SSSR count). The molecule has 26 heavy (non-hydrogen) atoms. The first-order valence-corrected chi connectivity index (χ1v) is 9.55. The van der Waals surface area contributed by atoms with Gasteiger partial charge < -0.3 is 14.4 Å². The lowest BCUT2D eigenvalue weighted by Gasteiger charge is -2.39. The van der Waals surface area contributed by atoms with Crippen LogP contribution in [0.2, 0.25) is 0 Å². The number of para-hydroxylation sites is 1. The van der Waals surface area contributed by atoms with E-state index in [1.807, 2.05) is 56.0 Å². The number of ketones is 1. The van der Waals surface area contributed by atoms with Crippen molar-refractivity contribution < 1.29 is 19.1 Å². The SMILES string of the molecule is CC(C)(C)OC(=O)N1C2CCC1CC(C(=O)CCOc1ccccc1)C2. The van der Waals surface area contributed by atoms with E-state index in [2.05, 4.69) is 0 Å². The van der Waals surface area contributed by atoms with Crippen LogP contribution < -0.4 is 4.74 Å². The number of nitrogens with zero attached hydrogens (tertiary/aromatic N) is 1. The molecule has 2 aliphatic heterocycles. The van der Waals surface area contributed by atoms with Gasteiger partial charge in [0.25, 0.3) is 0 Å². The molecule has 5 nitrogen and oxygen atoms in total. The number of Topliss-reactive ketones (excluding diaryl/α,β-unsaturated/α-hetero) is 1. The molecule has 2 unspecified atom stereocenters. The highest BCUT2D eigenvalue weighted by Gasteiger charge is 2.46. The fourth-order valence-corrected chi connectivity index (χ4v) is 4.04. The van der Waals surface area contributed by atoms with Crippen molar-refractivity contribution >= 4 is 11.9 Å². The van der Waals surface area contributed by atoms with Crippen LogP contribution in [0.3, 0.4) is 0 Å². The zero-order valence-electron chi connectivity index (χ0n) is 15.9. The van der Waals surface area contributed by atoms with Gasteiger partial charge in [-0.15, -0.1) is 0 Å². The van der Waals surface area contributed by atoms with Crippen LogP contribution in [0, 0.1) is 5.92 Å². The molecule has 2 aliphatic rings. The van der Waals surface area contributed by atoms with Crippen molar-refractivity contribution in [2.24, 2.45) is 5.92 Å². The lowest BCUT2D eigenvalue weighted by molar-refractivity contribution is -0.125. The van der Waals surface area contributed by atoms with Gasteiger partial charge >= 0.3 is 6.09 Å². The van der Waals surface area contributed by atoms with Gasteiger partial charge in [0.05, 0.1) is 6.61 Å². The first-order valence-electron chi connectivity index (χ1n) is 9.55. The monoisotopic (exact) mass is 359 g/mol. The summed E-state index contributed by atoms with van der Waals surface area (Å²) in [4.78, 5) is 27.0. The summed E-state index contributed by atoms with van der Waals surface area (Å²) in [5.74, 6) is 1.08. The van der Waals surface area contributed by atoms with Crippen molar-refractivity contribution in [2.45, 2.75) is 70.6 Å². The fourth-order valence-electron chi connectivity index (χ4n) is 4.04. The first-order chi connectivity index (χ1) is 12.3. The first kappa shape index (κ1) is 18.7. The number of ether oxygens (including phenoxy) is 2. The second-order valence-electron chi connectivity index (χ2n) is 8.32. The van der Waals surface area contributed by atoms with Crippen molar-refractivity contribution in [1.29, 1.82) is 0 Å². The number of fused-ring (bicyclic) bond motifs is 2. The normalized spacial score (nSPS) is 25.0. The Hall–Kier alpha value is -2.04. The second kappa shape index (κ2) is 7.68. The summed E-state index contributed by atoms with van der Waals surface area (Å²) in [6, 6.07) is 9.82. The van der Waals surface area contributed by atoms with Crippen LogP contribution in [0.1, 0.15) is 52.9 Å². The largest absolute Gasteiger partial charge is 0.493 e. The molecule has 0 saturated carbocycles. The smallest absolute Gasteiger partial charge is 0.410 e. The highest BCUT2D eigenvalue weighted by Crippen LogP contribution is 2.40. The number of carbonyl (C=O) groups is 2. The summed E-state index contributed by atoms with van der Waals surface area (Å²) in [6.45, 7) is 6.06. The number of benzene rings is 1. The van der Waals surface area contributed by atoms with Gasteiger partial charge in [-0.2, -0.15) is 0 Å². The zero-order chi connectivity index (χ0) is 18.7. The molecular weight excluding hydrogens is 330 g/mol. The van der Waals surface area contributed by atoms with Gasteiger partial charge in [-0.3, -0.25) is 4.79 Å². The minimum atomic E-state index is -0.488. The standard InChI is InChI=1S/C21H29NO4/c1-21(2,3)26-20(24)22-16-9-10-17(22)14-15(13-16)19(23)11-12-25-18-7-5-4-6-8-18/h4-8,15-17H,9-14H2,1-3H3. The second-order valence-corrected chi connectivity index (χ2v) is 8.32. The molecule has 2 saturated heterocycles. The van der Waals surface area contributed by atoms with E-state index in [1.54, 1.807) is 0 Å². The lowest BCUT2D eigenvalue weighted by Crippen LogP contribution is -2.49. The maximum atomic E-state index is 12.6. The Labute approximate surface area is 155 Å².